The van der Waals surface area contributed by atoms with E-state index in [1.807, 2.05) is 6.07 Å². The maximum Gasteiger partial charge on any atom is 0.165 e. The van der Waals surface area contributed by atoms with Crippen molar-refractivity contribution in [2.24, 2.45) is 5.73 Å². The van der Waals surface area contributed by atoms with Gasteiger partial charge in [0.25, 0.3) is 0 Å². The molecule has 1 heterocycles. The molecule has 1 aliphatic heterocycles. The highest BCUT2D eigenvalue weighted by Crippen LogP contribution is 2.42. The van der Waals surface area contributed by atoms with Crippen molar-refractivity contribution < 1.29 is 9.47 Å². The van der Waals surface area contributed by atoms with E-state index in [0.717, 1.165) is 43.6 Å². The van der Waals surface area contributed by atoms with Gasteiger partial charge in [0.05, 0.1) is 0 Å². The van der Waals surface area contributed by atoms with Crippen molar-refractivity contribution in [3.05, 3.63) is 23.8 Å². The molecule has 3 rings (SSSR count). The summed E-state index contributed by atoms with van der Waals surface area (Å²) in [6, 6.07) is 6.49. The van der Waals surface area contributed by atoms with Gasteiger partial charge in [-0.3, -0.25) is 0 Å². The van der Waals surface area contributed by atoms with Crippen LogP contribution in [0.4, 0.5) is 0 Å². The van der Waals surface area contributed by atoms with Gasteiger partial charge < -0.3 is 15.2 Å². The minimum Gasteiger partial charge on any atom is -0.486 e. The Balaban J connectivity index is 1.78. The maximum atomic E-state index is 6.16. The molecule has 3 heteroatoms. The van der Waals surface area contributed by atoms with Crippen LogP contribution in [0.1, 0.15) is 45.1 Å². The minimum absolute atomic E-state index is 0.120. The number of rotatable bonds is 2. The molecule has 0 aromatic heterocycles. The van der Waals surface area contributed by atoms with E-state index in [1.165, 1.54) is 5.56 Å². The summed E-state index contributed by atoms with van der Waals surface area (Å²) in [5.74, 6) is 1.83. The molecular formula is C16H23NO2. The van der Waals surface area contributed by atoms with Crippen molar-refractivity contribution in [1.29, 1.82) is 0 Å². The lowest BCUT2D eigenvalue weighted by molar-refractivity contribution is 0.112. The number of ether oxygens (including phenoxy) is 2. The van der Waals surface area contributed by atoms with Gasteiger partial charge in [-0.15, -0.1) is 0 Å². The Hall–Kier alpha value is -1.22. The maximum absolute atomic E-state index is 6.16. The molecule has 2 aliphatic rings. The second kappa shape index (κ2) is 4.71. The van der Waals surface area contributed by atoms with Crippen molar-refractivity contribution >= 4 is 0 Å². The third kappa shape index (κ3) is 2.71. The van der Waals surface area contributed by atoms with Crippen LogP contribution in [0.15, 0.2) is 18.2 Å². The van der Waals surface area contributed by atoms with Gasteiger partial charge >= 0.3 is 0 Å². The fraction of sp³-hybridized carbons (Fsp3) is 0.625. The molecule has 0 saturated heterocycles. The zero-order valence-electron chi connectivity index (χ0n) is 11.8. The van der Waals surface area contributed by atoms with Crippen molar-refractivity contribution in [3.63, 3.8) is 0 Å². The van der Waals surface area contributed by atoms with Crippen LogP contribution in [0.25, 0.3) is 0 Å². The Labute approximate surface area is 115 Å². The highest BCUT2D eigenvalue weighted by Gasteiger charge is 2.33. The van der Waals surface area contributed by atoms with E-state index < -0.39 is 0 Å². The molecule has 2 unspecified atom stereocenters. The summed E-state index contributed by atoms with van der Waals surface area (Å²) in [4.78, 5) is 0. The van der Waals surface area contributed by atoms with Crippen molar-refractivity contribution in [3.8, 4) is 11.5 Å². The number of nitrogens with two attached hydrogens (primary N) is 1. The van der Waals surface area contributed by atoms with Crippen LogP contribution >= 0.6 is 0 Å². The van der Waals surface area contributed by atoms with Crippen LogP contribution in [0.5, 0.6) is 11.5 Å². The normalized spacial score (nSPS) is 28.6. The topological polar surface area (TPSA) is 44.5 Å². The molecule has 1 aromatic carbocycles. The van der Waals surface area contributed by atoms with Crippen molar-refractivity contribution in [1.82, 2.24) is 0 Å². The minimum atomic E-state index is -0.120. The number of fused-ring (bicyclic) bond motifs is 1. The Morgan fingerprint density at radius 1 is 1.32 bits per heavy atom. The van der Waals surface area contributed by atoms with Gasteiger partial charge in [0.15, 0.2) is 11.5 Å². The van der Waals surface area contributed by atoms with Gasteiger partial charge in [-0.1, -0.05) is 12.1 Å². The van der Waals surface area contributed by atoms with Crippen LogP contribution in [-0.2, 0) is 6.42 Å². The molecule has 0 spiro atoms. The standard InChI is InChI=1S/C16H23NO2/c1-16(2)10-11-5-3-8-14(15(11)19-16)18-13-7-4-6-12(17)9-13/h3,5,8,12-13H,4,6-7,9-10,17H2,1-2H3. The van der Waals surface area contributed by atoms with Crippen LogP contribution in [0, 0.1) is 0 Å². The summed E-state index contributed by atoms with van der Waals surface area (Å²) < 4.78 is 12.2. The predicted molar refractivity (Wildman–Crippen MR) is 75.7 cm³/mol. The molecule has 1 aliphatic carbocycles. The van der Waals surface area contributed by atoms with E-state index >= 15 is 0 Å². The lowest BCUT2D eigenvalue weighted by Crippen LogP contribution is -2.33. The number of hydrogen-bond acceptors (Lipinski definition) is 3. The van der Waals surface area contributed by atoms with Crippen LogP contribution in [0.2, 0.25) is 0 Å². The quantitative estimate of drug-likeness (QED) is 0.890. The first-order valence-electron chi connectivity index (χ1n) is 7.27. The fourth-order valence-electron chi connectivity index (χ4n) is 3.15. The third-order valence-corrected chi connectivity index (χ3v) is 4.02. The zero-order valence-corrected chi connectivity index (χ0v) is 11.8. The molecule has 2 N–H and O–H groups in total. The molecule has 1 aromatic rings. The van der Waals surface area contributed by atoms with E-state index in [1.54, 1.807) is 0 Å². The monoisotopic (exact) mass is 261 g/mol. The average molecular weight is 261 g/mol. The third-order valence-electron chi connectivity index (χ3n) is 4.02. The smallest absolute Gasteiger partial charge is 0.165 e. The number of para-hydroxylation sites is 1. The predicted octanol–water partition coefficient (Wildman–Crippen LogP) is 3.05. The van der Waals surface area contributed by atoms with Gasteiger partial charge in [0, 0.05) is 18.0 Å². The highest BCUT2D eigenvalue weighted by atomic mass is 16.5. The van der Waals surface area contributed by atoms with E-state index in [-0.39, 0.29) is 17.7 Å². The Morgan fingerprint density at radius 3 is 2.95 bits per heavy atom. The van der Waals surface area contributed by atoms with Crippen LogP contribution in [-0.4, -0.2) is 17.7 Å². The molecule has 0 radical (unpaired) electrons. The second-order valence-corrected chi connectivity index (χ2v) is 6.45. The summed E-state index contributed by atoms with van der Waals surface area (Å²) in [5, 5.41) is 0. The Morgan fingerprint density at radius 2 is 2.16 bits per heavy atom. The highest BCUT2D eigenvalue weighted by molar-refractivity contribution is 5.50. The van der Waals surface area contributed by atoms with E-state index in [9.17, 15) is 0 Å². The van der Waals surface area contributed by atoms with Gasteiger partial charge in [-0.25, -0.2) is 0 Å². The zero-order chi connectivity index (χ0) is 13.5. The Kier molecular flexibility index (Phi) is 3.17. The average Bonchev–Trinajstić information content (AvgIpc) is 2.64. The molecule has 1 saturated carbocycles. The number of benzene rings is 1. The van der Waals surface area contributed by atoms with Crippen molar-refractivity contribution in [2.75, 3.05) is 0 Å². The summed E-state index contributed by atoms with van der Waals surface area (Å²) in [6.07, 6.45) is 5.52. The fourth-order valence-corrected chi connectivity index (χ4v) is 3.15. The Bertz CT molecular complexity index is 470. The van der Waals surface area contributed by atoms with Crippen molar-refractivity contribution in [2.45, 2.75) is 63.7 Å². The first-order valence-corrected chi connectivity index (χ1v) is 7.27. The molecular weight excluding hydrogens is 238 g/mol. The van der Waals surface area contributed by atoms with Gasteiger partial charge in [0.2, 0.25) is 0 Å². The summed E-state index contributed by atoms with van der Waals surface area (Å²) in [6.45, 7) is 4.24. The number of hydrogen-bond donors (Lipinski definition) is 1. The van der Waals surface area contributed by atoms with Gasteiger partial charge in [0.1, 0.15) is 11.7 Å². The lowest BCUT2D eigenvalue weighted by Gasteiger charge is -2.28. The largest absolute Gasteiger partial charge is 0.486 e. The molecule has 3 nitrogen and oxygen atoms in total. The van der Waals surface area contributed by atoms with E-state index in [4.69, 9.17) is 15.2 Å². The first kappa shape index (κ1) is 12.8. The van der Waals surface area contributed by atoms with Crippen LogP contribution < -0.4 is 15.2 Å². The molecule has 0 amide bonds. The van der Waals surface area contributed by atoms with E-state index in [0.29, 0.717) is 0 Å². The van der Waals surface area contributed by atoms with E-state index in [2.05, 4.69) is 26.0 Å². The molecule has 2 atom stereocenters. The molecule has 0 bridgehead atoms. The summed E-state index contributed by atoms with van der Waals surface area (Å²) >= 11 is 0. The van der Waals surface area contributed by atoms with Gasteiger partial charge in [-0.05, 0) is 45.6 Å². The first-order chi connectivity index (χ1) is 9.03. The SMILES string of the molecule is CC1(C)Cc2cccc(OC3CCCC(N)C3)c2O1. The summed E-state index contributed by atoms with van der Waals surface area (Å²) in [5.41, 5.74) is 7.16. The molecule has 19 heavy (non-hydrogen) atoms. The molecule has 1 fully saturated rings. The molecule has 104 valence electrons. The summed E-state index contributed by atoms with van der Waals surface area (Å²) in [7, 11) is 0. The van der Waals surface area contributed by atoms with Gasteiger partial charge in [-0.2, -0.15) is 0 Å². The second-order valence-electron chi connectivity index (χ2n) is 6.45. The lowest BCUT2D eigenvalue weighted by atomic mass is 9.93. The van der Waals surface area contributed by atoms with Crippen LogP contribution in [0.3, 0.4) is 0 Å².